The van der Waals surface area contributed by atoms with Crippen LogP contribution < -0.4 is 9.47 Å². The molecule has 0 aromatic heterocycles. The molecule has 0 bridgehead atoms. The van der Waals surface area contributed by atoms with E-state index in [2.05, 4.69) is 0 Å². The van der Waals surface area contributed by atoms with Crippen LogP contribution in [0.25, 0.3) is 0 Å². The Kier molecular flexibility index (Phi) is 7.59. The largest absolute Gasteiger partial charge is 0.504 e. The lowest BCUT2D eigenvalue weighted by molar-refractivity contribution is -0.241. The van der Waals surface area contributed by atoms with E-state index < -0.39 is 24.3 Å². The number of fused-ring (bicyclic) bond motifs is 1. The molecule has 0 saturated carbocycles. The molecule has 186 valence electrons. The van der Waals surface area contributed by atoms with Crippen LogP contribution in [-0.2, 0) is 15.9 Å². The minimum atomic E-state index is -0.978. The number of ether oxygens (including phenoxy) is 4. The van der Waals surface area contributed by atoms with Gasteiger partial charge in [-0.05, 0) is 59.2 Å². The molecule has 2 aromatic carbocycles. The molecule has 0 amide bonds. The Hall–Kier alpha value is -2.43. The zero-order chi connectivity index (χ0) is 24.4. The zero-order valence-corrected chi connectivity index (χ0v) is 19.2. The summed E-state index contributed by atoms with van der Waals surface area (Å²) in [6.45, 7) is 0.0611. The van der Waals surface area contributed by atoms with Crippen molar-refractivity contribution in [1.29, 1.82) is 0 Å². The molecule has 1 heterocycles. The summed E-state index contributed by atoms with van der Waals surface area (Å²) in [7, 11) is 2.86. The van der Waals surface area contributed by atoms with Gasteiger partial charge in [0.1, 0.15) is 6.10 Å². The second kappa shape index (κ2) is 10.5. The van der Waals surface area contributed by atoms with Crippen LogP contribution in [0.1, 0.15) is 29.0 Å². The van der Waals surface area contributed by atoms with Gasteiger partial charge in [0.15, 0.2) is 29.4 Å². The molecular formula is C25H31FO8. The van der Waals surface area contributed by atoms with Crippen LogP contribution in [0.3, 0.4) is 0 Å². The average molecular weight is 479 g/mol. The molecule has 6 atom stereocenters. The van der Waals surface area contributed by atoms with Crippen molar-refractivity contribution in [3.8, 4) is 17.2 Å². The van der Waals surface area contributed by atoms with Crippen molar-refractivity contribution < 1.29 is 43.8 Å². The van der Waals surface area contributed by atoms with E-state index in [9.17, 15) is 24.8 Å². The number of aliphatic hydroxyl groups excluding tert-OH is 3. The first kappa shape index (κ1) is 24.7. The van der Waals surface area contributed by atoms with Gasteiger partial charge < -0.3 is 39.4 Å². The van der Waals surface area contributed by atoms with Crippen molar-refractivity contribution in [2.24, 2.45) is 11.8 Å². The van der Waals surface area contributed by atoms with Crippen LogP contribution in [0.4, 0.5) is 4.39 Å². The van der Waals surface area contributed by atoms with Crippen molar-refractivity contribution in [2.45, 2.75) is 37.3 Å². The Balaban J connectivity index is 1.74. The van der Waals surface area contributed by atoms with Gasteiger partial charge in [-0.15, -0.1) is 0 Å². The molecule has 0 radical (unpaired) electrons. The third-order valence-electron chi connectivity index (χ3n) is 6.79. The number of aromatic hydroxyl groups is 1. The van der Waals surface area contributed by atoms with Crippen LogP contribution in [-0.4, -0.2) is 73.0 Å². The fourth-order valence-electron chi connectivity index (χ4n) is 5.06. The number of phenolic OH excluding ortho intramolecular Hbond substituents is 1. The van der Waals surface area contributed by atoms with Crippen molar-refractivity contribution in [2.75, 3.05) is 34.0 Å². The zero-order valence-electron chi connectivity index (χ0n) is 19.2. The van der Waals surface area contributed by atoms with Gasteiger partial charge in [-0.25, -0.2) is 4.39 Å². The summed E-state index contributed by atoms with van der Waals surface area (Å²) in [5, 5.41) is 40.6. The molecule has 1 saturated heterocycles. The Morgan fingerprint density at radius 2 is 1.85 bits per heavy atom. The molecule has 1 fully saturated rings. The van der Waals surface area contributed by atoms with Crippen LogP contribution >= 0.6 is 0 Å². The van der Waals surface area contributed by atoms with E-state index in [0.29, 0.717) is 12.2 Å². The number of aliphatic hydroxyl groups is 3. The van der Waals surface area contributed by atoms with Crippen LogP contribution in [0.5, 0.6) is 17.2 Å². The molecule has 4 rings (SSSR count). The first-order valence-electron chi connectivity index (χ1n) is 11.3. The van der Waals surface area contributed by atoms with Crippen LogP contribution in [0, 0.1) is 17.7 Å². The van der Waals surface area contributed by atoms with Gasteiger partial charge in [-0.3, -0.25) is 0 Å². The van der Waals surface area contributed by atoms with Gasteiger partial charge in [-0.2, -0.15) is 0 Å². The highest BCUT2D eigenvalue weighted by Crippen LogP contribution is 2.47. The van der Waals surface area contributed by atoms with Gasteiger partial charge in [0.05, 0.1) is 33.5 Å². The number of rotatable bonds is 7. The number of hydrogen-bond acceptors (Lipinski definition) is 8. The molecule has 1 aliphatic carbocycles. The minimum absolute atomic E-state index is 0.000335. The molecule has 2 aliphatic rings. The van der Waals surface area contributed by atoms with Crippen molar-refractivity contribution in [3.05, 3.63) is 52.8 Å². The predicted molar refractivity (Wildman–Crippen MR) is 120 cm³/mol. The number of halogens is 1. The molecule has 0 spiro atoms. The van der Waals surface area contributed by atoms with Crippen LogP contribution in [0.15, 0.2) is 30.3 Å². The number of hydrogen-bond donors (Lipinski definition) is 4. The number of methoxy groups -OCH3 is 2. The summed E-state index contributed by atoms with van der Waals surface area (Å²) in [5.41, 5.74) is 2.46. The first-order valence-corrected chi connectivity index (χ1v) is 11.3. The molecule has 9 heteroatoms. The quantitative estimate of drug-likeness (QED) is 0.477. The molecular weight excluding hydrogens is 447 g/mol. The summed E-state index contributed by atoms with van der Waals surface area (Å²) >= 11 is 0. The lowest BCUT2D eigenvalue weighted by atomic mass is 9.67. The smallest absolute Gasteiger partial charge is 0.183 e. The third-order valence-corrected chi connectivity index (χ3v) is 6.79. The van der Waals surface area contributed by atoms with E-state index in [1.165, 1.54) is 20.3 Å². The van der Waals surface area contributed by atoms with Gasteiger partial charge in [0.25, 0.3) is 0 Å². The highest BCUT2D eigenvalue weighted by Gasteiger charge is 2.40. The summed E-state index contributed by atoms with van der Waals surface area (Å²) in [6, 6.07) is 8.02. The topological polar surface area (TPSA) is 118 Å². The number of benzene rings is 2. The van der Waals surface area contributed by atoms with E-state index in [1.807, 2.05) is 0 Å². The maximum absolute atomic E-state index is 14.2. The summed E-state index contributed by atoms with van der Waals surface area (Å²) in [5.74, 6) is -0.959. The van der Waals surface area contributed by atoms with E-state index in [-0.39, 0.29) is 55.5 Å². The summed E-state index contributed by atoms with van der Waals surface area (Å²) < 4.78 is 36.2. The van der Waals surface area contributed by atoms with Crippen molar-refractivity contribution >= 4 is 0 Å². The molecule has 8 nitrogen and oxygen atoms in total. The Morgan fingerprint density at radius 3 is 2.53 bits per heavy atom. The van der Waals surface area contributed by atoms with Gasteiger partial charge in [0, 0.05) is 18.9 Å². The molecule has 2 aromatic rings. The molecule has 1 aliphatic heterocycles. The standard InChI is InChI=1S/C25H31FO8/c1-31-22-7-13(3-4-19(22)26)24-17-9-23(32-2)20(29)6-14(17)5-15(10-27)18(24)12-34-25-21(30)8-16(28)11-33-25/h3-4,6-7,9,15-16,18,21,24-25,27-30H,5,8,10-12H2,1-2H3/t15?,16-,18?,21+,24?,25-/m0/s1. The lowest BCUT2D eigenvalue weighted by Crippen LogP contribution is -2.44. The van der Waals surface area contributed by atoms with Crippen molar-refractivity contribution in [1.82, 2.24) is 0 Å². The first-order chi connectivity index (χ1) is 16.4. The monoisotopic (exact) mass is 478 g/mol. The van der Waals surface area contributed by atoms with E-state index in [4.69, 9.17) is 18.9 Å². The second-order valence-corrected chi connectivity index (χ2v) is 8.90. The SMILES string of the molecule is COc1cc2c(cc1O)CC(CO)C(CO[C@@H]1OC[C@@H](O)C[C@H]1O)C2c1ccc(F)c(OC)c1. The van der Waals surface area contributed by atoms with Gasteiger partial charge in [-0.1, -0.05) is 6.07 Å². The van der Waals surface area contributed by atoms with E-state index >= 15 is 0 Å². The summed E-state index contributed by atoms with van der Waals surface area (Å²) in [6.07, 6.45) is -1.99. The molecule has 3 unspecified atom stereocenters. The Bertz CT molecular complexity index is 999. The van der Waals surface area contributed by atoms with Crippen LogP contribution in [0.2, 0.25) is 0 Å². The fourth-order valence-corrected chi connectivity index (χ4v) is 5.06. The van der Waals surface area contributed by atoms with Gasteiger partial charge >= 0.3 is 0 Å². The van der Waals surface area contributed by atoms with Gasteiger partial charge in [0.2, 0.25) is 0 Å². The number of phenols is 1. The maximum Gasteiger partial charge on any atom is 0.183 e. The fraction of sp³-hybridized carbons (Fsp3) is 0.520. The lowest BCUT2D eigenvalue weighted by Gasteiger charge is -2.41. The minimum Gasteiger partial charge on any atom is -0.504 e. The van der Waals surface area contributed by atoms with E-state index in [1.54, 1.807) is 24.3 Å². The van der Waals surface area contributed by atoms with E-state index in [0.717, 1.165) is 16.7 Å². The Labute approximate surface area is 197 Å². The highest BCUT2D eigenvalue weighted by atomic mass is 19.1. The maximum atomic E-state index is 14.2. The Morgan fingerprint density at radius 1 is 1.09 bits per heavy atom. The molecule has 34 heavy (non-hydrogen) atoms. The summed E-state index contributed by atoms with van der Waals surface area (Å²) in [4.78, 5) is 0. The molecule has 4 N–H and O–H groups in total. The normalized spacial score (nSPS) is 28.9. The highest BCUT2D eigenvalue weighted by molar-refractivity contribution is 5.52. The predicted octanol–water partition coefficient (Wildman–Crippen LogP) is 1.95. The third kappa shape index (κ3) is 4.85. The average Bonchev–Trinajstić information content (AvgIpc) is 2.82. The second-order valence-electron chi connectivity index (χ2n) is 8.90. The van der Waals surface area contributed by atoms with Crippen molar-refractivity contribution in [3.63, 3.8) is 0 Å².